The van der Waals surface area contributed by atoms with Crippen LogP contribution in [0.15, 0.2) is 48.5 Å². The summed E-state index contributed by atoms with van der Waals surface area (Å²) in [6.45, 7) is 7.35. The Bertz CT molecular complexity index is 1180. The van der Waals surface area contributed by atoms with Gasteiger partial charge in [0.1, 0.15) is 12.6 Å². The average Bonchev–Trinajstić information content (AvgIpc) is 2.81. The summed E-state index contributed by atoms with van der Waals surface area (Å²) in [6, 6.07) is 13.0. The lowest BCUT2D eigenvalue weighted by atomic mass is 10.1. The van der Waals surface area contributed by atoms with Gasteiger partial charge >= 0.3 is 0 Å². The number of benzene rings is 2. The summed E-state index contributed by atoms with van der Waals surface area (Å²) in [7, 11) is -3.86. The highest BCUT2D eigenvalue weighted by atomic mass is 32.2. The predicted octanol–water partition coefficient (Wildman–Crippen LogP) is 3.69. The minimum absolute atomic E-state index is 0.158. The third-order valence-electron chi connectivity index (χ3n) is 5.87. The molecule has 0 aromatic heterocycles. The highest BCUT2D eigenvalue weighted by molar-refractivity contribution is 7.92. The van der Waals surface area contributed by atoms with E-state index in [2.05, 4.69) is 5.32 Å². The molecule has 2 aromatic carbocycles. The maximum atomic E-state index is 13.7. The Morgan fingerprint density at radius 1 is 1.03 bits per heavy atom. The number of carbonyl (C=O) groups is 3. The van der Waals surface area contributed by atoms with E-state index >= 15 is 0 Å². The zero-order valence-corrected chi connectivity index (χ0v) is 22.6. The third kappa shape index (κ3) is 8.19. The molecule has 0 radical (unpaired) electrons. The van der Waals surface area contributed by atoms with E-state index in [4.69, 9.17) is 0 Å². The number of nitrogens with one attached hydrogen (secondary N) is 1. The number of sulfonamides is 1. The molecule has 0 spiro atoms. The van der Waals surface area contributed by atoms with Gasteiger partial charge in [0.15, 0.2) is 5.78 Å². The Morgan fingerprint density at radius 2 is 1.72 bits per heavy atom. The molecule has 0 saturated carbocycles. The number of aryl methyl sites for hydroxylation is 1. The van der Waals surface area contributed by atoms with Crippen molar-refractivity contribution in [3.05, 3.63) is 65.2 Å². The Hall–Kier alpha value is -3.20. The van der Waals surface area contributed by atoms with E-state index < -0.39 is 28.5 Å². The lowest BCUT2D eigenvalue weighted by molar-refractivity contribution is -0.140. The topological polar surface area (TPSA) is 104 Å². The number of rotatable bonds is 13. The number of anilines is 1. The molecule has 196 valence electrons. The fourth-order valence-corrected chi connectivity index (χ4v) is 4.77. The Kier molecular flexibility index (Phi) is 10.6. The second kappa shape index (κ2) is 13.2. The summed E-state index contributed by atoms with van der Waals surface area (Å²) in [5, 5.41) is 2.90. The van der Waals surface area contributed by atoms with Crippen LogP contribution in [0, 0.1) is 6.92 Å². The van der Waals surface area contributed by atoms with Crippen molar-refractivity contribution in [1.82, 2.24) is 10.2 Å². The van der Waals surface area contributed by atoms with Gasteiger partial charge in [-0.05, 0) is 44.4 Å². The number of carbonyl (C=O) groups excluding carboxylic acids is 3. The molecule has 0 aliphatic carbocycles. The molecule has 36 heavy (non-hydrogen) atoms. The number of amides is 2. The largest absolute Gasteiger partial charge is 0.354 e. The minimum atomic E-state index is -3.86. The van der Waals surface area contributed by atoms with Crippen molar-refractivity contribution in [2.75, 3.05) is 23.7 Å². The Labute approximate surface area is 214 Å². The molecule has 2 rings (SSSR count). The highest BCUT2D eigenvalue weighted by Gasteiger charge is 2.31. The van der Waals surface area contributed by atoms with Gasteiger partial charge in [0.25, 0.3) is 0 Å². The third-order valence-corrected chi connectivity index (χ3v) is 7.01. The zero-order valence-electron chi connectivity index (χ0n) is 21.8. The number of Topliss-reactive ketones (excluding diaryl/α,β-unsaturated/α-hetero) is 1. The van der Waals surface area contributed by atoms with Crippen LogP contribution in [-0.4, -0.2) is 56.3 Å². The molecule has 0 bridgehead atoms. The average molecular weight is 516 g/mol. The van der Waals surface area contributed by atoms with Crippen molar-refractivity contribution in [2.24, 2.45) is 0 Å². The number of ketones is 1. The zero-order chi connectivity index (χ0) is 26.9. The second-order valence-electron chi connectivity index (χ2n) is 8.96. The van der Waals surface area contributed by atoms with E-state index in [0.717, 1.165) is 34.5 Å². The predicted molar refractivity (Wildman–Crippen MR) is 142 cm³/mol. The van der Waals surface area contributed by atoms with Crippen LogP contribution in [0.2, 0.25) is 0 Å². The molecule has 0 fully saturated rings. The van der Waals surface area contributed by atoms with Crippen LogP contribution in [-0.2, 0) is 26.2 Å². The van der Waals surface area contributed by atoms with Crippen molar-refractivity contribution in [3.63, 3.8) is 0 Å². The maximum absolute atomic E-state index is 13.7. The molecule has 2 amide bonds. The number of nitrogens with zero attached hydrogens (tertiary/aromatic N) is 2. The van der Waals surface area contributed by atoms with Crippen LogP contribution in [0.4, 0.5) is 5.69 Å². The van der Waals surface area contributed by atoms with Crippen LogP contribution >= 0.6 is 0 Å². The van der Waals surface area contributed by atoms with E-state index in [1.165, 1.54) is 17.9 Å². The summed E-state index contributed by atoms with van der Waals surface area (Å²) >= 11 is 0. The molecule has 2 aromatic rings. The van der Waals surface area contributed by atoms with E-state index in [1.807, 2.05) is 45.0 Å². The fourth-order valence-electron chi connectivity index (χ4n) is 3.93. The van der Waals surface area contributed by atoms with Crippen LogP contribution < -0.4 is 9.62 Å². The number of hydrogen-bond acceptors (Lipinski definition) is 5. The summed E-state index contributed by atoms with van der Waals surface area (Å²) in [6.07, 6.45) is 3.13. The van der Waals surface area contributed by atoms with Gasteiger partial charge in [0.2, 0.25) is 21.8 Å². The first-order chi connectivity index (χ1) is 17.0. The molecule has 0 heterocycles. The van der Waals surface area contributed by atoms with Gasteiger partial charge in [-0.1, -0.05) is 62.2 Å². The summed E-state index contributed by atoms with van der Waals surface area (Å²) in [5.74, 6) is -0.989. The van der Waals surface area contributed by atoms with Crippen molar-refractivity contribution in [2.45, 2.75) is 59.5 Å². The lowest BCUT2D eigenvalue weighted by Crippen LogP contribution is -2.52. The Morgan fingerprint density at radius 3 is 2.31 bits per heavy atom. The molecule has 0 aliphatic heterocycles. The van der Waals surface area contributed by atoms with E-state index in [-0.39, 0.29) is 23.9 Å². The van der Waals surface area contributed by atoms with Crippen LogP contribution in [0.3, 0.4) is 0 Å². The minimum Gasteiger partial charge on any atom is -0.354 e. The normalized spacial score (nSPS) is 12.0. The standard InChI is InChI=1S/C27H37N3O5S/c1-6-8-15-28-27(33)25(7-2)29(18-22-12-9-11-20(3)16-22)26(32)19-30(36(5,34)35)24-14-10-13-23(17-24)21(4)31/h9-14,16-17,25H,6-8,15,18-19H2,1-5H3,(H,28,33)/t25-/m1/s1. The van der Waals surface area contributed by atoms with Gasteiger partial charge in [0, 0.05) is 18.7 Å². The van der Waals surface area contributed by atoms with Crippen LogP contribution in [0.1, 0.15) is 61.5 Å². The molecule has 0 aliphatic rings. The highest BCUT2D eigenvalue weighted by Crippen LogP contribution is 2.21. The van der Waals surface area contributed by atoms with E-state index in [1.54, 1.807) is 18.2 Å². The van der Waals surface area contributed by atoms with Gasteiger partial charge in [-0.25, -0.2) is 8.42 Å². The van der Waals surface area contributed by atoms with Crippen molar-refractivity contribution in [3.8, 4) is 0 Å². The van der Waals surface area contributed by atoms with Crippen LogP contribution in [0.25, 0.3) is 0 Å². The molecule has 0 saturated heterocycles. The van der Waals surface area contributed by atoms with Gasteiger partial charge in [-0.15, -0.1) is 0 Å². The molecule has 8 nitrogen and oxygen atoms in total. The monoisotopic (exact) mass is 515 g/mol. The SMILES string of the molecule is CCCCNC(=O)[C@@H](CC)N(Cc1cccc(C)c1)C(=O)CN(c1cccc(C(C)=O)c1)S(C)(=O)=O. The molecular formula is C27H37N3O5S. The quantitative estimate of drug-likeness (QED) is 0.324. The first-order valence-corrected chi connectivity index (χ1v) is 14.0. The van der Waals surface area contributed by atoms with Crippen LogP contribution in [0.5, 0.6) is 0 Å². The summed E-state index contributed by atoms with van der Waals surface area (Å²) in [5.41, 5.74) is 2.41. The van der Waals surface area contributed by atoms with Gasteiger partial charge in [-0.3, -0.25) is 18.7 Å². The summed E-state index contributed by atoms with van der Waals surface area (Å²) in [4.78, 5) is 40.0. The first kappa shape index (κ1) is 29.0. The molecule has 1 atom stereocenters. The molecular weight excluding hydrogens is 478 g/mol. The molecule has 0 unspecified atom stereocenters. The van der Waals surface area contributed by atoms with Crippen molar-refractivity contribution < 1.29 is 22.8 Å². The Balaban J connectivity index is 2.44. The number of unbranched alkanes of at least 4 members (excludes halogenated alkanes) is 1. The fraction of sp³-hybridized carbons (Fsp3) is 0.444. The molecule has 1 N–H and O–H groups in total. The van der Waals surface area contributed by atoms with E-state index in [9.17, 15) is 22.8 Å². The second-order valence-corrected chi connectivity index (χ2v) is 10.9. The van der Waals surface area contributed by atoms with Crippen molar-refractivity contribution in [1.29, 1.82) is 0 Å². The van der Waals surface area contributed by atoms with Gasteiger partial charge in [0.05, 0.1) is 11.9 Å². The van der Waals surface area contributed by atoms with Crippen molar-refractivity contribution >= 4 is 33.3 Å². The maximum Gasteiger partial charge on any atom is 0.244 e. The lowest BCUT2D eigenvalue weighted by Gasteiger charge is -2.33. The van der Waals surface area contributed by atoms with Gasteiger partial charge in [-0.2, -0.15) is 0 Å². The number of hydrogen-bond donors (Lipinski definition) is 1. The summed E-state index contributed by atoms with van der Waals surface area (Å²) < 4.78 is 26.4. The molecule has 9 heteroatoms. The first-order valence-electron chi connectivity index (χ1n) is 12.2. The van der Waals surface area contributed by atoms with E-state index in [0.29, 0.717) is 18.5 Å². The van der Waals surface area contributed by atoms with Gasteiger partial charge < -0.3 is 10.2 Å². The smallest absolute Gasteiger partial charge is 0.244 e.